The second kappa shape index (κ2) is 13.0. The van der Waals surface area contributed by atoms with E-state index in [4.69, 9.17) is 14.7 Å². The third-order valence-corrected chi connectivity index (χ3v) is 7.71. The fourth-order valence-corrected chi connectivity index (χ4v) is 5.65. The van der Waals surface area contributed by atoms with Crippen molar-refractivity contribution < 1.29 is 18.7 Å². The van der Waals surface area contributed by atoms with E-state index < -0.39 is 0 Å². The van der Waals surface area contributed by atoms with E-state index in [1.165, 1.54) is 12.1 Å². The number of benzene rings is 2. The van der Waals surface area contributed by atoms with Gasteiger partial charge in [0.05, 0.1) is 24.8 Å². The molecule has 0 bridgehead atoms. The van der Waals surface area contributed by atoms with Crippen LogP contribution in [0, 0.1) is 22.6 Å². The van der Waals surface area contributed by atoms with Crippen LogP contribution in [0.3, 0.4) is 0 Å². The topological polar surface area (TPSA) is 65.8 Å². The molecule has 7 heteroatoms. The maximum Gasteiger partial charge on any atom is 0.227 e. The maximum absolute atomic E-state index is 13.6. The average molecular weight is 544 g/mol. The van der Waals surface area contributed by atoms with Gasteiger partial charge in [0.25, 0.3) is 0 Å². The summed E-state index contributed by atoms with van der Waals surface area (Å²) in [7, 11) is 0. The zero-order valence-corrected chi connectivity index (χ0v) is 23.7. The normalized spacial score (nSPS) is 17.4. The summed E-state index contributed by atoms with van der Waals surface area (Å²) in [5.74, 6) is 1.31. The predicted molar refractivity (Wildman–Crippen MR) is 155 cm³/mol. The average Bonchev–Trinajstić information content (AvgIpc) is 3.26. The second-order valence-electron chi connectivity index (χ2n) is 10.5. The Morgan fingerprint density at radius 2 is 1.73 bits per heavy atom. The number of hydrogen-bond acceptors (Lipinski definition) is 5. The molecular weight excluding hydrogens is 505 g/mol. The first-order chi connectivity index (χ1) is 19.3. The van der Waals surface area contributed by atoms with Gasteiger partial charge in [0.1, 0.15) is 17.3 Å². The highest BCUT2D eigenvalue weighted by Crippen LogP contribution is 2.44. The number of allylic oxidation sites excluding steroid dienone is 4. The molecule has 40 heavy (non-hydrogen) atoms. The molecule has 2 heterocycles. The summed E-state index contributed by atoms with van der Waals surface area (Å²) in [6.45, 7) is 13.7. The molecule has 0 saturated carbocycles. The van der Waals surface area contributed by atoms with Crippen LogP contribution in [-0.2, 0) is 11.3 Å². The maximum atomic E-state index is 13.6. The molecule has 1 amide bonds. The van der Waals surface area contributed by atoms with Crippen LogP contribution in [0.15, 0.2) is 72.5 Å². The van der Waals surface area contributed by atoms with E-state index in [-0.39, 0.29) is 17.1 Å². The number of carbonyl (C=O) groups is 1. The fourth-order valence-electron chi connectivity index (χ4n) is 5.65. The Hall–Kier alpha value is -3.89. The number of nitrogens with zero attached hydrogens (tertiary/aromatic N) is 3. The van der Waals surface area contributed by atoms with Crippen molar-refractivity contribution in [1.82, 2.24) is 9.80 Å². The second-order valence-corrected chi connectivity index (χ2v) is 10.5. The lowest BCUT2D eigenvalue weighted by Crippen LogP contribution is -2.41. The third-order valence-electron chi connectivity index (χ3n) is 7.71. The Balaban J connectivity index is 1.48. The number of amides is 1. The van der Waals surface area contributed by atoms with Crippen LogP contribution < -0.4 is 9.47 Å². The van der Waals surface area contributed by atoms with Gasteiger partial charge in [-0.25, -0.2) is 4.39 Å². The first-order valence-electron chi connectivity index (χ1n) is 14.0. The van der Waals surface area contributed by atoms with Crippen LogP contribution in [0.25, 0.3) is 11.1 Å². The quantitative estimate of drug-likeness (QED) is 0.248. The van der Waals surface area contributed by atoms with Crippen molar-refractivity contribution in [1.29, 1.82) is 5.26 Å². The third kappa shape index (κ3) is 6.63. The van der Waals surface area contributed by atoms with E-state index >= 15 is 0 Å². The molecule has 0 aromatic heterocycles. The SMILES string of the molecule is C=C(C#N)/C=C\C(=C/C)N1CC2(CCN(Cc3cc(OCC)c(-c4ccc(F)cc4)c(OCC)c3)CC2)CC1=O. The minimum Gasteiger partial charge on any atom is -0.493 e. The molecule has 6 nitrogen and oxygen atoms in total. The van der Waals surface area contributed by atoms with Crippen LogP contribution in [0.2, 0.25) is 0 Å². The molecule has 0 N–H and O–H groups in total. The molecular formula is C33H38FN3O3. The Bertz CT molecular complexity index is 1300. The molecule has 2 aromatic carbocycles. The molecule has 4 rings (SSSR count). The van der Waals surface area contributed by atoms with Crippen molar-refractivity contribution >= 4 is 5.91 Å². The Labute approximate surface area is 237 Å². The first-order valence-corrected chi connectivity index (χ1v) is 14.0. The summed E-state index contributed by atoms with van der Waals surface area (Å²) < 4.78 is 25.7. The largest absolute Gasteiger partial charge is 0.493 e. The molecule has 0 unspecified atom stereocenters. The van der Waals surface area contributed by atoms with Crippen molar-refractivity contribution in [3.63, 3.8) is 0 Å². The zero-order chi connectivity index (χ0) is 28.7. The molecule has 2 aliphatic heterocycles. The highest BCUT2D eigenvalue weighted by atomic mass is 19.1. The van der Waals surface area contributed by atoms with Gasteiger partial charge < -0.3 is 14.4 Å². The van der Waals surface area contributed by atoms with Crippen molar-refractivity contribution in [2.45, 2.75) is 46.6 Å². The van der Waals surface area contributed by atoms with Gasteiger partial charge in [-0.05, 0) is 99.7 Å². The summed E-state index contributed by atoms with van der Waals surface area (Å²) in [5.41, 5.74) is 3.91. The van der Waals surface area contributed by atoms with E-state index in [0.717, 1.165) is 66.4 Å². The summed E-state index contributed by atoms with van der Waals surface area (Å²) in [6, 6.07) is 12.5. The summed E-state index contributed by atoms with van der Waals surface area (Å²) in [6.07, 6.45) is 7.79. The van der Waals surface area contributed by atoms with Gasteiger partial charge in [0.2, 0.25) is 5.91 Å². The smallest absolute Gasteiger partial charge is 0.227 e. The Morgan fingerprint density at radius 1 is 1.10 bits per heavy atom. The monoisotopic (exact) mass is 543 g/mol. The number of likely N-dealkylation sites (tertiary alicyclic amines) is 2. The molecule has 0 radical (unpaired) electrons. The standard InChI is InChI=1S/C33H38FN3O3/c1-5-28(13-8-24(4)21-35)37-23-33(20-31(37)38)14-16-36(17-15-33)22-25-18-29(39-6-2)32(30(19-25)40-7-3)26-9-11-27(34)12-10-26/h5,8-13,18-19H,4,6-7,14-17,20,22-23H2,1-3H3/b13-8-,28-5+. The van der Waals surface area contributed by atoms with Gasteiger partial charge in [-0.3, -0.25) is 9.69 Å². The molecule has 2 aromatic rings. The van der Waals surface area contributed by atoms with Crippen LogP contribution in [0.1, 0.15) is 45.6 Å². The molecule has 2 aliphatic rings. The predicted octanol–water partition coefficient (Wildman–Crippen LogP) is 6.64. The zero-order valence-electron chi connectivity index (χ0n) is 23.7. The van der Waals surface area contributed by atoms with Gasteiger partial charge >= 0.3 is 0 Å². The van der Waals surface area contributed by atoms with E-state index in [1.807, 2.05) is 37.8 Å². The first kappa shape index (κ1) is 29.1. The number of rotatable bonds is 10. The van der Waals surface area contributed by atoms with Crippen molar-refractivity contribution in [2.75, 3.05) is 32.8 Å². The van der Waals surface area contributed by atoms with Crippen molar-refractivity contribution in [3.8, 4) is 28.7 Å². The molecule has 2 saturated heterocycles. The summed E-state index contributed by atoms with van der Waals surface area (Å²) in [4.78, 5) is 17.3. The van der Waals surface area contributed by atoms with Gasteiger partial charge in [0.15, 0.2) is 0 Å². The number of carbonyl (C=O) groups excluding carboxylic acids is 1. The van der Waals surface area contributed by atoms with Crippen LogP contribution in [-0.4, -0.2) is 48.6 Å². The molecule has 210 valence electrons. The van der Waals surface area contributed by atoms with E-state index in [1.54, 1.807) is 24.3 Å². The van der Waals surface area contributed by atoms with Gasteiger partial charge in [-0.1, -0.05) is 24.8 Å². The van der Waals surface area contributed by atoms with Gasteiger partial charge in [-0.2, -0.15) is 5.26 Å². The number of halogens is 1. The Kier molecular flexibility index (Phi) is 9.44. The molecule has 0 atom stereocenters. The number of ether oxygens (including phenoxy) is 2. The van der Waals surface area contributed by atoms with E-state index in [2.05, 4.69) is 23.6 Å². The van der Waals surface area contributed by atoms with Crippen LogP contribution in [0.4, 0.5) is 4.39 Å². The van der Waals surface area contributed by atoms with Crippen molar-refractivity contribution in [3.05, 3.63) is 83.9 Å². The lowest BCUT2D eigenvalue weighted by Gasteiger charge is -2.39. The van der Waals surface area contributed by atoms with Crippen LogP contribution in [0.5, 0.6) is 11.5 Å². The van der Waals surface area contributed by atoms with Gasteiger partial charge in [-0.15, -0.1) is 0 Å². The Morgan fingerprint density at radius 3 is 2.27 bits per heavy atom. The van der Waals surface area contributed by atoms with Crippen molar-refractivity contribution in [2.24, 2.45) is 5.41 Å². The van der Waals surface area contributed by atoms with Gasteiger partial charge in [0, 0.05) is 30.8 Å². The van der Waals surface area contributed by atoms with E-state index in [0.29, 0.717) is 31.8 Å². The lowest BCUT2D eigenvalue weighted by molar-refractivity contribution is -0.126. The highest BCUT2D eigenvalue weighted by molar-refractivity contribution is 5.82. The number of nitriles is 1. The van der Waals surface area contributed by atoms with E-state index in [9.17, 15) is 9.18 Å². The molecule has 0 aliphatic carbocycles. The fraction of sp³-hybridized carbons (Fsp3) is 0.394. The minimum atomic E-state index is -0.283. The highest BCUT2D eigenvalue weighted by Gasteiger charge is 2.45. The number of piperidine rings is 1. The van der Waals surface area contributed by atoms with Crippen LogP contribution >= 0.6 is 0 Å². The minimum absolute atomic E-state index is 0.0404. The lowest BCUT2D eigenvalue weighted by atomic mass is 9.77. The molecule has 1 spiro atoms. The number of hydrogen-bond donors (Lipinski definition) is 0. The summed E-state index contributed by atoms with van der Waals surface area (Å²) >= 11 is 0. The summed E-state index contributed by atoms with van der Waals surface area (Å²) in [5, 5.41) is 8.99. The molecule has 2 fully saturated rings.